The van der Waals surface area contributed by atoms with Crippen LogP contribution in [0.25, 0.3) is 0 Å². The number of carboxylic acid groups (broad SMARTS) is 1. The third-order valence-corrected chi connectivity index (χ3v) is 2.50. The van der Waals surface area contributed by atoms with E-state index in [1.54, 1.807) is 0 Å². The van der Waals surface area contributed by atoms with Gasteiger partial charge in [0.25, 0.3) is 0 Å². The third kappa shape index (κ3) is 4.87. The number of carbonyl (C=O) groups is 1. The lowest BCUT2D eigenvalue weighted by molar-refractivity contribution is -0.192. The van der Waals surface area contributed by atoms with Gasteiger partial charge in [-0.15, -0.1) is 0 Å². The number of nitrogens with zero attached hydrogens (tertiary/aromatic N) is 2. The molecular weight excluding hydrogens is 265 g/mol. The molecule has 0 saturated carbocycles. The summed E-state index contributed by atoms with van der Waals surface area (Å²) in [5.74, 6) is -2.76. The summed E-state index contributed by atoms with van der Waals surface area (Å²) in [6, 6.07) is 2.02. The van der Waals surface area contributed by atoms with E-state index < -0.39 is 12.1 Å². The van der Waals surface area contributed by atoms with E-state index in [1.165, 1.54) is 0 Å². The van der Waals surface area contributed by atoms with Crippen LogP contribution in [-0.4, -0.2) is 45.7 Å². The summed E-state index contributed by atoms with van der Waals surface area (Å²) in [5, 5.41) is 14.6. The van der Waals surface area contributed by atoms with Gasteiger partial charge in [0.05, 0.1) is 5.69 Å². The van der Waals surface area contributed by atoms with Crippen LogP contribution < -0.4 is 11.1 Å². The highest BCUT2D eigenvalue weighted by Gasteiger charge is 2.38. The molecule has 1 aliphatic heterocycles. The molecule has 0 radical (unpaired) electrons. The Labute approximate surface area is 107 Å². The first-order valence-electron chi connectivity index (χ1n) is 5.41. The molecule has 1 aromatic rings. The van der Waals surface area contributed by atoms with E-state index in [1.807, 2.05) is 24.0 Å². The molecule has 0 aromatic carbocycles. The maximum Gasteiger partial charge on any atom is 0.490 e. The van der Waals surface area contributed by atoms with Gasteiger partial charge in [0.15, 0.2) is 0 Å². The zero-order valence-corrected chi connectivity index (χ0v) is 10.2. The topological polar surface area (TPSA) is 93.2 Å². The molecule has 0 unspecified atom stereocenters. The summed E-state index contributed by atoms with van der Waals surface area (Å²) >= 11 is 0. The summed E-state index contributed by atoms with van der Waals surface area (Å²) in [6.07, 6.45) is -2.26. The zero-order chi connectivity index (χ0) is 14.7. The van der Waals surface area contributed by atoms with Gasteiger partial charge in [-0.2, -0.15) is 18.3 Å². The normalized spacial score (nSPS) is 17.1. The summed E-state index contributed by atoms with van der Waals surface area (Å²) in [6.45, 7) is 1.81. The first kappa shape index (κ1) is 15.4. The van der Waals surface area contributed by atoms with Crippen molar-refractivity contribution in [2.24, 2.45) is 12.8 Å². The number of aromatic nitrogens is 2. The monoisotopic (exact) mass is 280 g/mol. The van der Waals surface area contributed by atoms with E-state index in [9.17, 15) is 13.2 Å². The molecule has 0 atom stereocenters. The molecule has 6 nitrogen and oxygen atoms in total. The molecule has 1 aliphatic rings. The van der Waals surface area contributed by atoms with E-state index in [-0.39, 0.29) is 5.54 Å². The average molecular weight is 280 g/mol. The van der Waals surface area contributed by atoms with Crippen molar-refractivity contribution < 1.29 is 23.1 Å². The molecule has 19 heavy (non-hydrogen) atoms. The van der Waals surface area contributed by atoms with Gasteiger partial charge in [0.1, 0.15) is 0 Å². The van der Waals surface area contributed by atoms with Gasteiger partial charge in [-0.25, -0.2) is 4.79 Å². The zero-order valence-electron chi connectivity index (χ0n) is 10.2. The van der Waals surface area contributed by atoms with Gasteiger partial charge in [-0.3, -0.25) is 4.68 Å². The molecule has 0 spiro atoms. The lowest BCUT2D eigenvalue weighted by Crippen LogP contribution is -2.66. The van der Waals surface area contributed by atoms with Gasteiger partial charge < -0.3 is 16.2 Å². The predicted octanol–water partition coefficient (Wildman–Crippen LogP) is -0.103. The molecule has 2 heterocycles. The number of alkyl halides is 3. The maximum absolute atomic E-state index is 10.6. The van der Waals surface area contributed by atoms with Gasteiger partial charge >= 0.3 is 12.1 Å². The predicted molar refractivity (Wildman–Crippen MR) is 60.4 cm³/mol. The van der Waals surface area contributed by atoms with E-state index in [0.717, 1.165) is 25.2 Å². The lowest BCUT2D eigenvalue weighted by atomic mass is 9.89. The van der Waals surface area contributed by atoms with Crippen molar-refractivity contribution in [3.63, 3.8) is 0 Å². The molecule has 2 rings (SSSR count). The van der Waals surface area contributed by atoms with Crippen molar-refractivity contribution in [3.05, 3.63) is 18.0 Å². The van der Waals surface area contributed by atoms with Crippen LogP contribution in [0.2, 0.25) is 0 Å². The molecule has 0 amide bonds. The largest absolute Gasteiger partial charge is 0.490 e. The van der Waals surface area contributed by atoms with Crippen LogP contribution in [0, 0.1) is 0 Å². The fraction of sp³-hybridized carbons (Fsp3) is 0.600. The Morgan fingerprint density at radius 2 is 2.16 bits per heavy atom. The highest BCUT2D eigenvalue weighted by molar-refractivity contribution is 5.73. The molecule has 108 valence electrons. The summed E-state index contributed by atoms with van der Waals surface area (Å²) in [5.41, 5.74) is 7.07. The van der Waals surface area contributed by atoms with Gasteiger partial charge in [0.2, 0.25) is 0 Å². The van der Waals surface area contributed by atoms with Crippen LogP contribution in [0.1, 0.15) is 5.69 Å². The summed E-state index contributed by atoms with van der Waals surface area (Å²) in [4.78, 5) is 8.90. The minimum atomic E-state index is -5.08. The van der Waals surface area contributed by atoms with Crippen molar-refractivity contribution in [2.45, 2.75) is 18.1 Å². The first-order valence-corrected chi connectivity index (χ1v) is 5.41. The number of aryl methyl sites for hydroxylation is 1. The van der Waals surface area contributed by atoms with E-state index >= 15 is 0 Å². The SMILES string of the molecule is Cn1ccc(CC2(N)CNC2)n1.O=C(O)C(F)(F)F. The van der Waals surface area contributed by atoms with Crippen molar-refractivity contribution >= 4 is 5.97 Å². The number of rotatable bonds is 2. The standard InChI is InChI=1S/C8H14N4.C2HF3O2/c1-12-3-2-7(11-12)4-8(9)5-10-6-8;3-2(4,5)1(6)7/h2-3,10H,4-6,9H2,1H3;(H,6,7). The van der Waals surface area contributed by atoms with Crippen LogP contribution in [0.3, 0.4) is 0 Å². The number of nitrogens with two attached hydrogens (primary N) is 1. The Balaban J connectivity index is 0.000000224. The fourth-order valence-corrected chi connectivity index (χ4v) is 1.49. The van der Waals surface area contributed by atoms with Gasteiger partial charge in [-0.1, -0.05) is 0 Å². The first-order chi connectivity index (χ1) is 8.62. The van der Waals surface area contributed by atoms with Crippen LogP contribution in [-0.2, 0) is 18.3 Å². The molecule has 1 aromatic heterocycles. The quantitative estimate of drug-likeness (QED) is 0.703. The Hall–Kier alpha value is -1.61. The maximum atomic E-state index is 10.6. The smallest absolute Gasteiger partial charge is 0.475 e. The van der Waals surface area contributed by atoms with Crippen LogP contribution in [0.15, 0.2) is 12.3 Å². The Kier molecular flexibility index (Phi) is 4.53. The second-order valence-electron chi connectivity index (χ2n) is 4.43. The Morgan fingerprint density at radius 3 is 2.42 bits per heavy atom. The summed E-state index contributed by atoms with van der Waals surface area (Å²) in [7, 11) is 1.92. The second-order valence-corrected chi connectivity index (χ2v) is 4.43. The van der Waals surface area contributed by atoms with Crippen molar-refractivity contribution in [2.75, 3.05) is 13.1 Å². The van der Waals surface area contributed by atoms with Crippen molar-refractivity contribution in [1.29, 1.82) is 0 Å². The minimum absolute atomic E-state index is 0.0473. The number of carboxylic acids is 1. The van der Waals surface area contributed by atoms with E-state index in [4.69, 9.17) is 15.6 Å². The van der Waals surface area contributed by atoms with Gasteiger partial charge in [0, 0.05) is 38.3 Å². The molecule has 1 fully saturated rings. The number of halogens is 3. The van der Waals surface area contributed by atoms with Crippen LogP contribution >= 0.6 is 0 Å². The third-order valence-electron chi connectivity index (χ3n) is 2.50. The fourth-order valence-electron chi connectivity index (χ4n) is 1.49. The number of nitrogens with one attached hydrogen (secondary N) is 1. The lowest BCUT2D eigenvalue weighted by Gasteiger charge is -2.38. The second kappa shape index (κ2) is 5.57. The number of aliphatic carboxylic acids is 1. The van der Waals surface area contributed by atoms with E-state index in [0.29, 0.717) is 0 Å². The molecule has 4 N–H and O–H groups in total. The molecule has 0 aliphatic carbocycles. The molecule has 0 bridgehead atoms. The molecule has 9 heteroatoms. The van der Waals surface area contributed by atoms with Crippen LogP contribution in [0.5, 0.6) is 0 Å². The molecular formula is C10H15F3N4O2. The van der Waals surface area contributed by atoms with Crippen LogP contribution in [0.4, 0.5) is 13.2 Å². The summed E-state index contributed by atoms with van der Waals surface area (Å²) < 4.78 is 33.5. The Bertz CT molecular complexity index is 440. The minimum Gasteiger partial charge on any atom is -0.475 e. The number of hydrogen-bond donors (Lipinski definition) is 3. The highest BCUT2D eigenvalue weighted by Crippen LogP contribution is 2.13. The highest BCUT2D eigenvalue weighted by atomic mass is 19.4. The number of hydrogen-bond acceptors (Lipinski definition) is 4. The van der Waals surface area contributed by atoms with Crippen molar-refractivity contribution in [1.82, 2.24) is 15.1 Å². The van der Waals surface area contributed by atoms with Gasteiger partial charge in [-0.05, 0) is 6.07 Å². The average Bonchev–Trinajstić information content (AvgIpc) is 2.61. The van der Waals surface area contributed by atoms with Crippen molar-refractivity contribution in [3.8, 4) is 0 Å². The van der Waals surface area contributed by atoms with E-state index in [2.05, 4.69) is 10.4 Å². The molecule has 1 saturated heterocycles. The Morgan fingerprint density at radius 1 is 1.63 bits per heavy atom.